The van der Waals surface area contributed by atoms with E-state index in [0.29, 0.717) is 36.4 Å². The Morgan fingerprint density at radius 1 is 1.41 bits per heavy atom. The molecule has 2 rings (SSSR count). The molecule has 6 heteroatoms. The smallest absolute Gasteiger partial charge is 0.272 e. The van der Waals surface area contributed by atoms with E-state index in [2.05, 4.69) is 26.2 Å². The van der Waals surface area contributed by atoms with Crippen molar-refractivity contribution < 1.29 is 9.59 Å². The number of carbonyl (C=O) groups is 2. The van der Waals surface area contributed by atoms with Crippen LogP contribution in [0, 0.1) is 0 Å². The maximum Gasteiger partial charge on any atom is 0.272 e. The summed E-state index contributed by atoms with van der Waals surface area (Å²) in [4.78, 5) is 29.0. The summed E-state index contributed by atoms with van der Waals surface area (Å²) in [6.45, 7) is 1.47. The third-order valence-electron chi connectivity index (χ3n) is 2.53. The van der Waals surface area contributed by atoms with Gasteiger partial charge in [0.05, 0.1) is 0 Å². The highest BCUT2D eigenvalue weighted by Crippen LogP contribution is 2.09. The number of rotatable bonds is 1. The molecule has 0 aromatic carbocycles. The van der Waals surface area contributed by atoms with Crippen LogP contribution in [0.4, 0.5) is 0 Å². The summed E-state index contributed by atoms with van der Waals surface area (Å²) in [6, 6.07) is 5.21. The van der Waals surface area contributed by atoms with Crippen molar-refractivity contribution in [2.45, 2.75) is 6.42 Å². The molecule has 0 saturated carbocycles. The van der Waals surface area contributed by atoms with Gasteiger partial charge in [-0.25, -0.2) is 4.98 Å². The molecule has 0 spiro atoms. The van der Waals surface area contributed by atoms with Gasteiger partial charge in [-0.1, -0.05) is 6.07 Å². The summed E-state index contributed by atoms with van der Waals surface area (Å²) in [7, 11) is 0. The molecular formula is C11H12BrN3O2. The van der Waals surface area contributed by atoms with E-state index in [-0.39, 0.29) is 11.8 Å². The van der Waals surface area contributed by atoms with E-state index in [0.717, 1.165) is 0 Å². The minimum absolute atomic E-state index is 0.0116. The molecule has 2 amide bonds. The Balaban J connectivity index is 2.11. The first-order chi connectivity index (χ1) is 8.16. The number of hydrogen-bond donors (Lipinski definition) is 1. The van der Waals surface area contributed by atoms with Gasteiger partial charge in [-0.15, -0.1) is 0 Å². The zero-order valence-corrected chi connectivity index (χ0v) is 10.7. The number of aromatic nitrogens is 1. The predicted molar refractivity (Wildman–Crippen MR) is 65.5 cm³/mol. The van der Waals surface area contributed by atoms with E-state index >= 15 is 0 Å². The van der Waals surface area contributed by atoms with Crippen LogP contribution in [0.15, 0.2) is 22.8 Å². The number of nitrogens with zero attached hydrogens (tertiary/aromatic N) is 2. The third-order valence-corrected chi connectivity index (χ3v) is 2.98. The summed E-state index contributed by atoms with van der Waals surface area (Å²) in [6.07, 6.45) is 0.347. The van der Waals surface area contributed by atoms with Crippen LogP contribution in [-0.4, -0.2) is 41.3 Å². The normalized spacial score (nSPS) is 16.3. The Kier molecular flexibility index (Phi) is 3.73. The number of amides is 2. The standard InChI is InChI=1S/C11H12BrN3O2/c12-9-3-1-2-8(14-9)11(17)15-6-4-10(16)13-5-7-15/h1-3H,4-7H2,(H,13,16). The summed E-state index contributed by atoms with van der Waals surface area (Å²) in [5.74, 6) is -0.148. The molecule has 0 bridgehead atoms. The molecule has 1 aliphatic heterocycles. The van der Waals surface area contributed by atoms with Crippen molar-refractivity contribution in [1.29, 1.82) is 0 Å². The SMILES string of the molecule is O=C1CCN(C(=O)c2cccc(Br)n2)CCN1. The maximum atomic E-state index is 12.1. The monoisotopic (exact) mass is 297 g/mol. The topological polar surface area (TPSA) is 62.3 Å². The molecule has 1 aromatic heterocycles. The Morgan fingerprint density at radius 2 is 2.24 bits per heavy atom. The van der Waals surface area contributed by atoms with Gasteiger partial charge in [0.15, 0.2) is 0 Å². The average Bonchev–Trinajstić information content (AvgIpc) is 2.53. The minimum Gasteiger partial charge on any atom is -0.354 e. The summed E-state index contributed by atoms with van der Waals surface area (Å²) < 4.78 is 0.632. The Labute approximate surface area is 107 Å². The molecule has 0 aliphatic carbocycles. The van der Waals surface area contributed by atoms with Gasteiger partial charge in [-0.2, -0.15) is 0 Å². The van der Waals surface area contributed by atoms with Crippen LogP contribution in [0.5, 0.6) is 0 Å². The zero-order valence-electron chi connectivity index (χ0n) is 9.15. The lowest BCUT2D eigenvalue weighted by Gasteiger charge is -2.18. The van der Waals surface area contributed by atoms with E-state index < -0.39 is 0 Å². The fraction of sp³-hybridized carbons (Fsp3) is 0.364. The molecule has 2 heterocycles. The van der Waals surface area contributed by atoms with E-state index in [1.807, 2.05) is 0 Å². The molecule has 1 fully saturated rings. The minimum atomic E-state index is -0.136. The lowest BCUT2D eigenvalue weighted by atomic mass is 10.3. The fourth-order valence-electron chi connectivity index (χ4n) is 1.66. The van der Waals surface area contributed by atoms with Crippen LogP contribution in [-0.2, 0) is 4.79 Å². The first-order valence-corrected chi connectivity index (χ1v) is 6.14. The fourth-order valence-corrected chi connectivity index (χ4v) is 2.00. The van der Waals surface area contributed by atoms with Crippen molar-refractivity contribution in [1.82, 2.24) is 15.2 Å². The molecule has 1 N–H and O–H groups in total. The molecular weight excluding hydrogens is 286 g/mol. The number of nitrogens with one attached hydrogen (secondary N) is 1. The van der Waals surface area contributed by atoms with Crippen LogP contribution in [0.2, 0.25) is 0 Å². The summed E-state index contributed by atoms with van der Waals surface area (Å²) in [5.41, 5.74) is 0.397. The van der Waals surface area contributed by atoms with E-state index in [1.54, 1.807) is 23.1 Å². The molecule has 90 valence electrons. The number of pyridine rings is 1. The van der Waals surface area contributed by atoms with E-state index in [1.165, 1.54) is 0 Å². The van der Waals surface area contributed by atoms with Gasteiger partial charge in [0.1, 0.15) is 10.3 Å². The summed E-state index contributed by atoms with van der Waals surface area (Å²) in [5, 5.41) is 2.73. The predicted octanol–water partition coefficient (Wildman–Crippen LogP) is 0.806. The number of halogens is 1. The molecule has 1 aliphatic rings. The molecule has 5 nitrogen and oxygen atoms in total. The van der Waals surface area contributed by atoms with Crippen LogP contribution in [0.25, 0.3) is 0 Å². The first kappa shape index (κ1) is 12.0. The highest BCUT2D eigenvalue weighted by Gasteiger charge is 2.20. The second kappa shape index (κ2) is 5.27. The van der Waals surface area contributed by atoms with Crippen LogP contribution >= 0.6 is 15.9 Å². The van der Waals surface area contributed by atoms with Crippen LogP contribution in [0.3, 0.4) is 0 Å². The largest absolute Gasteiger partial charge is 0.354 e. The molecule has 17 heavy (non-hydrogen) atoms. The van der Waals surface area contributed by atoms with Crippen molar-refractivity contribution in [2.75, 3.05) is 19.6 Å². The van der Waals surface area contributed by atoms with E-state index in [9.17, 15) is 9.59 Å². The third kappa shape index (κ3) is 3.03. The van der Waals surface area contributed by atoms with Gasteiger partial charge in [-0.3, -0.25) is 9.59 Å². The van der Waals surface area contributed by atoms with Crippen molar-refractivity contribution >= 4 is 27.7 Å². The number of hydrogen-bond acceptors (Lipinski definition) is 3. The zero-order chi connectivity index (χ0) is 12.3. The van der Waals surface area contributed by atoms with Gasteiger partial charge < -0.3 is 10.2 Å². The van der Waals surface area contributed by atoms with Gasteiger partial charge in [0.25, 0.3) is 5.91 Å². The lowest BCUT2D eigenvalue weighted by molar-refractivity contribution is -0.120. The quantitative estimate of drug-likeness (QED) is 0.780. The van der Waals surface area contributed by atoms with Gasteiger partial charge >= 0.3 is 0 Å². The van der Waals surface area contributed by atoms with Crippen LogP contribution < -0.4 is 5.32 Å². The summed E-state index contributed by atoms with van der Waals surface area (Å²) >= 11 is 3.23. The van der Waals surface area contributed by atoms with Gasteiger partial charge in [0, 0.05) is 26.1 Å². The molecule has 0 atom stereocenters. The average molecular weight is 298 g/mol. The first-order valence-electron chi connectivity index (χ1n) is 5.35. The molecule has 0 radical (unpaired) electrons. The lowest BCUT2D eigenvalue weighted by Crippen LogP contribution is -2.34. The Bertz CT molecular complexity index is 450. The highest BCUT2D eigenvalue weighted by atomic mass is 79.9. The number of carbonyl (C=O) groups excluding carboxylic acids is 2. The second-order valence-electron chi connectivity index (χ2n) is 3.74. The highest BCUT2D eigenvalue weighted by molar-refractivity contribution is 9.10. The van der Waals surface area contributed by atoms with Crippen molar-refractivity contribution in [2.24, 2.45) is 0 Å². The molecule has 0 unspecified atom stereocenters. The molecule has 1 aromatic rings. The van der Waals surface area contributed by atoms with Crippen molar-refractivity contribution in [3.8, 4) is 0 Å². The Morgan fingerprint density at radius 3 is 3.00 bits per heavy atom. The maximum absolute atomic E-state index is 12.1. The van der Waals surface area contributed by atoms with Crippen molar-refractivity contribution in [3.63, 3.8) is 0 Å². The van der Waals surface area contributed by atoms with Gasteiger partial charge in [-0.05, 0) is 28.1 Å². The molecule has 1 saturated heterocycles. The van der Waals surface area contributed by atoms with Crippen molar-refractivity contribution in [3.05, 3.63) is 28.5 Å². The van der Waals surface area contributed by atoms with E-state index in [4.69, 9.17) is 0 Å². The second-order valence-corrected chi connectivity index (χ2v) is 4.55. The van der Waals surface area contributed by atoms with Gasteiger partial charge in [0.2, 0.25) is 5.91 Å². The van der Waals surface area contributed by atoms with Crippen LogP contribution in [0.1, 0.15) is 16.9 Å². The Hall–Kier alpha value is -1.43.